The molecule has 36 nitrogen and oxygen atoms in total. The lowest BCUT2D eigenvalue weighted by molar-refractivity contribution is -0.347. The minimum absolute atomic E-state index is 0.0245. The number of esters is 1. The summed E-state index contributed by atoms with van der Waals surface area (Å²) in [6.45, 7) is 0.105. The molecule has 3 amide bonds. The van der Waals surface area contributed by atoms with Gasteiger partial charge in [0.1, 0.15) is 58.2 Å². The van der Waals surface area contributed by atoms with Gasteiger partial charge < -0.3 is 85.2 Å². The number of aliphatic hydroxyl groups is 5. The minimum Gasteiger partial charge on any atom is -0.493 e. The van der Waals surface area contributed by atoms with Crippen LogP contribution in [-0.4, -0.2) is 233 Å². The molecule has 9 rings (SSSR count). The Morgan fingerprint density at radius 3 is 2.14 bits per heavy atom. The smallest absolute Gasteiger partial charge is 0.338 e. The molecule has 2 aliphatic carbocycles. The van der Waals surface area contributed by atoms with Crippen LogP contribution in [0.4, 0.5) is 5.69 Å². The summed E-state index contributed by atoms with van der Waals surface area (Å²) in [4.78, 5) is 72.8. The number of ether oxygens (including phenoxy) is 6. The van der Waals surface area contributed by atoms with Crippen molar-refractivity contribution in [1.82, 2.24) is 35.6 Å². The van der Waals surface area contributed by atoms with Gasteiger partial charge in [0.2, 0.25) is 17.7 Å². The largest absolute Gasteiger partial charge is 0.493 e. The summed E-state index contributed by atoms with van der Waals surface area (Å²) in [6, 6.07) is 8.08. The van der Waals surface area contributed by atoms with E-state index >= 15 is 0 Å². The Morgan fingerprint density at radius 1 is 0.773 bits per heavy atom. The highest BCUT2D eigenvalue weighted by atomic mass is 32.2. The zero-order valence-corrected chi connectivity index (χ0v) is 53.8. The molecule has 5 aromatic rings. The summed E-state index contributed by atoms with van der Waals surface area (Å²) in [5, 5.41) is 101. The number of aliphatic carboxylic acids is 1. The first-order chi connectivity index (χ1) is 45.8. The summed E-state index contributed by atoms with van der Waals surface area (Å²) < 4.78 is 142. The van der Waals surface area contributed by atoms with E-state index < -0.39 is 220 Å². The fourth-order valence-corrected chi connectivity index (χ4v) is 14.2. The normalized spacial score (nSPS) is 26.9. The van der Waals surface area contributed by atoms with E-state index in [1.165, 1.54) is 42.1 Å². The number of aromatic hydroxyl groups is 2. The molecule has 4 heterocycles. The second-order valence-electron chi connectivity index (χ2n) is 23.8. The first-order valence-corrected chi connectivity index (χ1v) is 34.8. The maximum absolute atomic E-state index is 14.6. The molecule has 530 valence electrons. The number of carbonyl (C=O) groups excluding carboxylic acids is 4. The Balaban J connectivity index is 0.962. The van der Waals surface area contributed by atoms with Gasteiger partial charge in [0, 0.05) is 41.9 Å². The van der Waals surface area contributed by atoms with E-state index in [2.05, 4.69) is 36.2 Å². The van der Waals surface area contributed by atoms with Crippen molar-refractivity contribution >= 4 is 76.5 Å². The fraction of sp³-hybridized carbons (Fsp3) is 0.534. The molecule has 2 saturated heterocycles. The predicted octanol–water partition coefficient (Wildman–Crippen LogP) is -0.631. The third kappa shape index (κ3) is 18.2. The third-order valence-electron chi connectivity index (χ3n) is 17.0. The average Bonchev–Trinajstić information content (AvgIpc) is 0.784. The van der Waals surface area contributed by atoms with Crippen LogP contribution < -0.4 is 16.0 Å². The van der Waals surface area contributed by atoms with Crippen LogP contribution in [0.1, 0.15) is 97.7 Å². The van der Waals surface area contributed by atoms with E-state index in [9.17, 15) is 104 Å². The number of aliphatic hydroxyl groups excluding tert-OH is 5. The lowest BCUT2D eigenvalue weighted by Crippen LogP contribution is -2.65. The number of hydrogen-bond donors (Lipinski definition) is 14. The number of carbonyl (C=O) groups is 5. The van der Waals surface area contributed by atoms with Crippen LogP contribution in [0.5, 0.6) is 11.9 Å². The van der Waals surface area contributed by atoms with Gasteiger partial charge in [0.15, 0.2) is 24.8 Å². The van der Waals surface area contributed by atoms with Gasteiger partial charge >= 0.3 is 17.9 Å². The van der Waals surface area contributed by atoms with Crippen molar-refractivity contribution in [2.75, 3.05) is 18.5 Å². The fourth-order valence-electron chi connectivity index (χ4n) is 12.1. The number of carboxylic acid groups (broad SMARTS) is 1. The van der Waals surface area contributed by atoms with Crippen LogP contribution >= 0.6 is 0 Å². The van der Waals surface area contributed by atoms with E-state index in [4.69, 9.17) is 28.4 Å². The molecule has 0 radical (unpaired) electrons. The molecule has 0 spiro atoms. The number of amides is 3. The van der Waals surface area contributed by atoms with Crippen LogP contribution in [0.25, 0.3) is 10.8 Å². The summed E-state index contributed by atoms with van der Waals surface area (Å²) in [5.74, 6) is -7.34. The third-order valence-corrected chi connectivity index (χ3v) is 19.6. The molecular weight excluding hydrogens is 1350 g/mol. The number of aryl methyl sites for hydroxylation is 2. The number of anilines is 1. The van der Waals surface area contributed by atoms with Gasteiger partial charge in [-0.2, -0.15) is 35.2 Å². The highest BCUT2D eigenvalue weighted by Crippen LogP contribution is 2.40. The first kappa shape index (κ1) is 73.7. The number of benzene rings is 3. The van der Waals surface area contributed by atoms with Gasteiger partial charge in [0.25, 0.3) is 36.3 Å². The second kappa shape index (κ2) is 31.1. The standard InChI is InChI=1S/C58H72N8O28S3/c1-27-45(70)47(72)48(73)56(89-27)94-49-35(61-53(75)36-24-43(69)63-58(79)62-36)20-30(21-37(49)91-57-51(93-55(78)29-11-6-3-7-12-29)50(46(71)39(26-67)92-57)90-38(54(76)77)19-28-9-4-2-5-10-28)52(74)59-17-8-13-31-25-66(65-64-31)18-16-42(68)60-34-14-15-40(96(83,84)85)33-22-32(95(80,81)82)23-41(44(33)34)97(86,87)88/h3,6-7,11-12,14-15,22-25,27-28,30,35,37-39,45-51,56-57,67,70-73H,2,4-5,8-10,13,16-21,26H2,1H3,(H,59,74)(H,60,68)(H,61,75)(H,76,77)(H,80,81,82)(H,83,84,85)(H,86,87,88)(H2,62,63,69,79)/t27?,30?,35?,37?,38-,39?,45?,46?,47?,48?,49?,50?,51?,56?,57?/m0/s1. The monoisotopic (exact) mass is 1420 g/mol. The highest BCUT2D eigenvalue weighted by Gasteiger charge is 2.55. The van der Waals surface area contributed by atoms with Gasteiger partial charge in [-0.3, -0.25) is 32.7 Å². The highest BCUT2D eigenvalue weighted by molar-refractivity contribution is 7.87. The maximum Gasteiger partial charge on any atom is 0.338 e. The van der Waals surface area contributed by atoms with Crippen molar-refractivity contribution in [3.05, 3.63) is 83.8 Å². The molecule has 4 fully saturated rings. The maximum atomic E-state index is 14.6. The van der Waals surface area contributed by atoms with E-state index in [1.54, 1.807) is 6.07 Å². The molecule has 4 aliphatic rings. The molecule has 14 N–H and O–H groups in total. The molecule has 14 unspecified atom stereocenters. The Labute approximate surface area is 552 Å². The van der Waals surface area contributed by atoms with Crippen LogP contribution in [0.15, 0.2) is 81.5 Å². The van der Waals surface area contributed by atoms with Gasteiger partial charge in [-0.25, -0.2) is 9.59 Å². The lowest BCUT2D eigenvalue weighted by Gasteiger charge is -2.48. The predicted molar refractivity (Wildman–Crippen MR) is 324 cm³/mol. The number of hydrogen-bond acceptors (Lipinski definition) is 28. The number of rotatable bonds is 26. The van der Waals surface area contributed by atoms with Crippen molar-refractivity contribution < 1.29 is 132 Å². The zero-order chi connectivity index (χ0) is 70.4. The Hall–Kier alpha value is -7.58. The summed E-state index contributed by atoms with van der Waals surface area (Å²) in [5.41, 5.74) is -0.785. The van der Waals surface area contributed by atoms with E-state index in [0.29, 0.717) is 36.7 Å². The Kier molecular flexibility index (Phi) is 23.6. The minimum atomic E-state index is -5.43. The lowest BCUT2D eigenvalue weighted by atomic mass is 9.80. The van der Waals surface area contributed by atoms with Crippen molar-refractivity contribution in [2.45, 2.75) is 185 Å². The van der Waals surface area contributed by atoms with Crippen LogP contribution in [-0.2, 0) is 86.1 Å². The number of carboxylic acids is 1. The zero-order valence-electron chi connectivity index (χ0n) is 51.3. The van der Waals surface area contributed by atoms with E-state index in [1.807, 2.05) is 0 Å². The van der Waals surface area contributed by atoms with Crippen molar-refractivity contribution in [2.24, 2.45) is 11.8 Å². The average molecular weight is 1430 g/mol. The Morgan fingerprint density at radius 2 is 1.48 bits per heavy atom. The number of fused-ring (bicyclic) bond motifs is 1. The van der Waals surface area contributed by atoms with Crippen molar-refractivity contribution in [3.8, 4) is 11.9 Å². The number of nitrogens with zero attached hydrogens (tertiary/aromatic N) is 5. The van der Waals surface area contributed by atoms with Crippen molar-refractivity contribution in [3.63, 3.8) is 0 Å². The molecule has 39 heteroatoms. The molecule has 15 atom stereocenters. The van der Waals surface area contributed by atoms with E-state index in [-0.39, 0.29) is 50.3 Å². The number of nitrogens with one attached hydrogen (secondary N) is 3. The molecule has 0 bridgehead atoms. The second-order valence-corrected chi connectivity index (χ2v) is 28.0. The van der Waals surface area contributed by atoms with E-state index in [0.717, 1.165) is 31.4 Å². The van der Waals surface area contributed by atoms with Gasteiger partial charge in [0.05, 0.1) is 53.2 Å². The molecule has 2 saturated carbocycles. The van der Waals surface area contributed by atoms with Crippen LogP contribution in [0.2, 0.25) is 0 Å². The van der Waals surface area contributed by atoms with Crippen molar-refractivity contribution in [1.29, 1.82) is 0 Å². The molecule has 3 aromatic carbocycles. The van der Waals surface area contributed by atoms with Crippen LogP contribution in [0.3, 0.4) is 0 Å². The van der Waals surface area contributed by atoms with Gasteiger partial charge in [-0.05, 0) is 81.3 Å². The Bertz CT molecular complexity index is 4010. The SMILES string of the molecule is CC1OC(OC2C(NC(=O)c3cc(O)nc(O)n3)CC(C(=O)NCCCc3cn(CCC(=O)Nc4ccc(S(=O)(=O)O)c5cc(S(=O)(=O)O)cc(S(=O)(=O)O)c45)nn3)CC2OC2OC(CO)C(O)C(O[C@@H](CC3CCCCC3)C(=O)O)C2OC(=O)c2ccccc2)C(O)C(O)C1O. The van der Waals surface area contributed by atoms with Crippen LogP contribution in [0, 0.1) is 11.8 Å². The quantitative estimate of drug-likeness (QED) is 0.0186. The molecular formula is C58H72N8O28S3. The van der Waals surface area contributed by atoms with Gasteiger partial charge in [-0.1, -0.05) is 55.5 Å². The first-order valence-electron chi connectivity index (χ1n) is 30.4. The summed E-state index contributed by atoms with van der Waals surface area (Å²) in [6.07, 6.45) is -18.4. The number of aromatic nitrogens is 5. The summed E-state index contributed by atoms with van der Waals surface area (Å²) >= 11 is 0. The topological polar surface area (TPSA) is 558 Å². The molecule has 2 aliphatic heterocycles. The van der Waals surface area contributed by atoms with Gasteiger partial charge in [-0.15, -0.1) is 5.10 Å². The summed E-state index contributed by atoms with van der Waals surface area (Å²) in [7, 11) is -15.9. The molecule has 2 aromatic heterocycles. The molecule has 97 heavy (non-hydrogen) atoms.